The maximum absolute atomic E-state index is 12.5. The van der Waals surface area contributed by atoms with E-state index in [4.69, 9.17) is 4.74 Å². The summed E-state index contributed by atoms with van der Waals surface area (Å²) in [6.07, 6.45) is 8.72. The van der Waals surface area contributed by atoms with Gasteiger partial charge in [-0.05, 0) is 37.7 Å². The minimum absolute atomic E-state index is 0.0213. The third-order valence-corrected chi connectivity index (χ3v) is 5.34. The second-order valence-corrected chi connectivity index (χ2v) is 7.31. The Morgan fingerprint density at radius 3 is 2.74 bits per heavy atom. The van der Waals surface area contributed by atoms with Crippen molar-refractivity contribution in [1.82, 2.24) is 14.9 Å². The third kappa shape index (κ3) is 4.45. The van der Waals surface area contributed by atoms with E-state index < -0.39 is 0 Å². The lowest BCUT2D eigenvalue weighted by Gasteiger charge is -2.22. The number of aromatic nitrogens is 2. The molecule has 4 rings (SSSR count). The molecule has 1 aliphatic heterocycles. The van der Waals surface area contributed by atoms with Crippen LogP contribution >= 0.6 is 0 Å². The minimum Gasteiger partial charge on any atom is -0.371 e. The molecule has 1 aromatic heterocycles. The van der Waals surface area contributed by atoms with E-state index in [1.165, 1.54) is 5.56 Å². The molecule has 1 amide bonds. The summed E-state index contributed by atoms with van der Waals surface area (Å²) in [6.45, 7) is 2.25. The first kappa shape index (κ1) is 17.9. The van der Waals surface area contributed by atoms with Crippen molar-refractivity contribution in [3.63, 3.8) is 0 Å². The quantitative estimate of drug-likeness (QED) is 0.850. The molecule has 2 atom stereocenters. The topological polar surface area (TPSA) is 67.3 Å². The normalized spacial score (nSPS) is 22.1. The van der Waals surface area contributed by atoms with Crippen molar-refractivity contribution >= 4 is 11.7 Å². The highest BCUT2D eigenvalue weighted by molar-refractivity contribution is 5.92. The van der Waals surface area contributed by atoms with Gasteiger partial charge in [0.15, 0.2) is 0 Å². The average Bonchev–Trinajstić information content (AvgIpc) is 3.39. The Morgan fingerprint density at radius 1 is 1.11 bits per heavy atom. The van der Waals surface area contributed by atoms with Crippen molar-refractivity contribution in [2.45, 2.75) is 50.9 Å². The lowest BCUT2D eigenvalue weighted by molar-refractivity contribution is 0.0394. The van der Waals surface area contributed by atoms with E-state index in [1.54, 1.807) is 12.4 Å². The number of hydrogen-bond acceptors (Lipinski definition) is 5. The van der Waals surface area contributed by atoms with Crippen LogP contribution in [0.1, 0.15) is 48.2 Å². The Balaban J connectivity index is 1.37. The summed E-state index contributed by atoms with van der Waals surface area (Å²) in [6, 6.07) is 10.4. The number of hydrogen-bond donors (Lipinski definition) is 1. The number of anilines is 1. The van der Waals surface area contributed by atoms with Gasteiger partial charge in [-0.25, -0.2) is 4.98 Å². The van der Waals surface area contributed by atoms with Crippen LogP contribution in [-0.2, 0) is 11.3 Å². The summed E-state index contributed by atoms with van der Waals surface area (Å²) in [4.78, 5) is 23.1. The van der Waals surface area contributed by atoms with Crippen molar-refractivity contribution in [3.05, 3.63) is 54.0 Å². The predicted octanol–water partition coefficient (Wildman–Crippen LogP) is 3.26. The zero-order valence-electron chi connectivity index (χ0n) is 15.5. The van der Waals surface area contributed by atoms with Crippen LogP contribution in [-0.4, -0.2) is 46.0 Å². The second-order valence-electron chi connectivity index (χ2n) is 7.31. The maximum atomic E-state index is 12.5. The van der Waals surface area contributed by atoms with Gasteiger partial charge in [0, 0.05) is 13.1 Å². The van der Waals surface area contributed by atoms with Crippen molar-refractivity contribution in [2.75, 3.05) is 18.4 Å². The van der Waals surface area contributed by atoms with Gasteiger partial charge in [-0.15, -0.1) is 0 Å². The molecule has 6 heteroatoms. The van der Waals surface area contributed by atoms with Crippen LogP contribution in [0.4, 0.5) is 5.82 Å². The molecule has 1 saturated carbocycles. The standard InChI is InChI=1S/C21H26N4O2/c26-21(25-11-4-5-12-25)18-13-22-14-20(24-18)23-17-9-6-10-19(17)27-15-16-7-2-1-3-8-16/h1-3,7-8,13-14,17,19H,4-6,9-12,15H2,(H,23,24)/t17-,19-/m1/s1. The molecule has 0 spiro atoms. The van der Waals surface area contributed by atoms with E-state index in [1.807, 2.05) is 23.1 Å². The molecule has 2 heterocycles. The zero-order valence-corrected chi connectivity index (χ0v) is 15.5. The summed E-state index contributed by atoms with van der Waals surface area (Å²) in [7, 11) is 0. The van der Waals surface area contributed by atoms with Gasteiger partial charge in [0.1, 0.15) is 11.5 Å². The number of amides is 1. The number of likely N-dealkylation sites (tertiary alicyclic amines) is 1. The zero-order chi connectivity index (χ0) is 18.5. The molecule has 0 unspecified atom stereocenters. The number of rotatable bonds is 6. The Kier molecular flexibility index (Phi) is 5.63. The van der Waals surface area contributed by atoms with Gasteiger partial charge >= 0.3 is 0 Å². The fourth-order valence-corrected chi connectivity index (χ4v) is 3.88. The number of nitrogens with one attached hydrogen (secondary N) is 1. The highest BCUT2D eigenvalue weighted by Gasteiger charge is 2.29. The fraction of sp³-hybridized carbons (Fsp3) is 0.476. The van der Waals surface area contributed by atoms with Gasteiger partial charge in [0.05, 0.1) is 31.1 Å². The molecule has 6 nitrogen and oxygen atoms in total. The van der Waals surface area contributed by atoms with Crippen LogP contribution in [0.5, 0.6) is 0 Å². The van der Waals surface area contributed by atoms with E-state index in [9.17, 15) is 4.79 Å². The highest BCUT2D eigenvalue weighted by atomic mass is 16.5. The number of ether oxygens (including phenoxy) is 1. The second kappa shape index (κ2) is 8.48. The van der Waals surface area contributed by atoms with E-state index in [-0.39, 0.29) is 18.1 Å². The van der Waals surface area contributed by atoms with Crippen LogP contribution in [0.25, 0.3) is 0 Å². The third-order valence-electron chi connectivity index (χ3n) is 5.34. The minimum atomic E-state index is -0.0213. The Hall–Kier alpha value is -2.47. The molecule has 142 valence electrons. The van der Waals surface area contributed by atoms with E-state index in [0.29, 0.717) is 18.1 Å². The molecular formula is C21H26N4O2. The summed E-state index contributed by atoms with van der Waals surface area (Å²) >= 11 is 0. The number of carbonyl (C=O) groups excluding carboxylic acids is 1. The van der Waals surface area contributed by atoms with Gasteiger partial charge in [-0.3, -0.25) is 9.78 Å². The molecule has 1 saturated heterocycles. The molecule has 2 aliphatic rings. The molecule has 1 aliphatic carbocycles. The average molecular weight is 366 g/mol. The lowest BCUT2D eigenvalue weighted by atomic mass is 10.2. The first-order chi connectivity index (χ1) is 13.3. The number of carbonyl (C=O) groups is 1. The fourth-order valence-electron chi connectivity index (χ4n) is 3.88. The smallest absolute Gasteiger partial charge is 0.274 e. The Labute approximate surface area is 160 Å². The maximum Gasteiger partial charge on any atom is 0.274 e. The summed E-state index contributed by atoms with van der Waals surface area (Å²) in [5.74, 6) is 0.632. The van der Waals surface area contributed by atoms with Crippen molar-refractivity contribution in [2.24, 2.45) is 0 Å². The summed E-state index contributed by atoms with van der Waals surface area (Å²) < 4.78 is 6.15. The largest absolute Gasteiger partial charge is 0.371 e. The summed E-state index contributed by atoms with van der Waals surface area (Å²) in [5, 5.41) is 3.44. The van der Waals surface area contributed by atoms with Crippen LogP contribution in [0.15, 0.2) is 42.7 Å². The van der Waals surface area contributed by atoms with E-state index in [2.05, 4.69) is 27.4 Å². The van der Waals surface area contributed by atoms with Gasteiger partial charge < -0.3 is 15.0 Å². The molecule has 27 heavy (non-hydrogen) atoms. The molecule has 2 fully saturated rings. The molecule has 1 N–H and O–H groups in total. The van der Waals surface area contributed by atoms with E-state index in [0.717, 1.165) is 45.2 Å². The van der Waals surface area contributed by atoms with Crippen LogP contribution in [0.3, 0.4) is 0 Å². The van der Waals surface area contributed by atoms with Crippen LogP contribution < -0.4 is 5.32 Å². The highest BCUT2D eigenvalue weighted by Crippen LogP contribution is 2.26. The predicted molar refractivity (Wildman–Crippen MR) is 103 cm³/mol. The first-order valence-corrected chi connectivity index (χ1v) is 9.83. The Bertz CT molecular complexity index is 762. The van der Waals surface area contributed by atoms with Crippen LogP contribution in [0.2, 0.25) is 0 Å². The van der Waals surface area contributed by atoms with Crippen molar-refractivity contribution in [1.29, 1.82) is 0 Å². The molecule has 2 aromatic rings. The van der Waals surface area contributed by atoms with Crippen LogP contribution in [0, 0.1) is 0 Å². The molecular weight excluding hydrogens is 340 g/mol. The first-order valence-electron chi connectivity index (χ1n) is 9.83. The van der Waals surface area contributed by atoms with Gasteiger partial charge in [0.25, 0.3) is 5.91 Å². The lowest BCUT2D eigenvalue weighted by Crippen LogP contribution is -2.32. The van der Waals surface area contributed by atoms with Gasteiger partial charge in [-0.2, -0.15) is 0 Å². The molecule has 0 bridgehead atoms. The number of benzene rings is 1. The van der Waals surface area contributed by atoms with Crippen molar-refractivity contribution < 1.29 is 9.53 Å². The van der Waals surface area contributed by atoms with E-state index >= 15 is 0 Å². The molecule has 0 radical (unpaired) electrons. The Morgan fingerprint density at radius 2 is 1.93 bits per heavy atom. The number of nitrogens with zero attached hydrogens (tertiary/aromatic N) is 3. The van der Waals surface area contributed by atoms with Crippen molar-refractivity contribution in [3.8, 4) is 0 Å². The summed E-state index contributed by atoms with van der Waals surface area (Å²) in [5.41, 5.74) is 1.60. The SMILES string of the molecule is O=C(c1cncc(N[C@@H]2CCC[C@H]2OCc2ccccc2)n1)N1CCCC1. The monoisotopic (exact) mass is 366 g/mol. The van der Waals surface area contributed by atoms with Gasteiger partial charge in [0.2, 0.25) is 0 Å². The van der Waals surface area contributed by atoms with Gasteiger partial charge in [-0.1, -0.05) is 30.3 Å². The molecule has 1 aromatic carbocycles.